The van der Waals surface area contributed by atoms with Crippen LogP contribution >= 0.6 is 11.8 Å². The second-order valence-electron chi connectivity index (χ2n) is 12.0. The normalized spacial score (nSPS) is 17.3. The number of aliphatic hydroxyl groups is 1. The Morgan fingerprint density at radius 1 is 0.816 bits per heavy atom. The van der Waals surface area contributed by atoms with E-state index in [0.29, 0.717) is 36.3 Å². The molecule has 1 saturated heterocycles. The van der Waals surface area contributed by atoms with Crippen molar-refractivity contribution in [1.82, 2.24) is 0 Å². The first-order chi connectivity index (χ1) is 23.9. The summed E-state index contributed by atoms with van der Waals surface area (Å²) < 4.78 is 18.5. The molecule has 0 spiro atoms. The van der Waals surface area contributed by atoms with Crippen molar-refractivity contribution < 1.29 is 28.9 Å². The zero-order valence-electron chi connectivity index (χ0n) is 27.8. The summed E-state index contributed by atoms with van der Waals surface area (Å²) in [6.45, 7) is -0.00912. The molecule has 4 aromatic rings. The Bertz CT molecular complexity index is 1650. The number of ether oxygens (including phenoxy) is 3. The van der Waals surface area contributed by atoms with E-state index in [4.69, 9.17) is 19.9 Å². The van der Waals surface area contributed by atoms with Gasteiger partial charge in [-0.2, -0.15) is 0 Å². The van der Waals surface area contributed by atoms with E-state index in [2.05, 4.69) is 10.6 Å². The zero-order valence-corrected chi connectivity index (χ0v) is 28.6. The van der Waals surface area contributed by atoms with Crippen LogP contribution in [0, 0.1) is 0 Å². The minimum Gasteiger partial charge on any atom is -0.496 e. The van der Waals surface area contributed by atoms with Crippen LogP contribution in [-0.4, -0.2) is 35.9 Å². The number of hydrogen-bond donors (Lipinski definition) is 4. The van der Waals surface area contributed by atoms with Crippen LogP contribution in [0.5, 0.6) is 5.75 Å². The first-order valence-corrected chi connectivity index (χ1v) is 17.7. The van der Waals surface area contributed by atoms with Gasteiger partial charge in [0.25, 0.3) is 0 Å². The van der Waals surface area contributed by atoms with Crippen LogP contribution in [0.25, 0.3) is 0 Å². The maximum absolute atomic E-state index is 12.6. The van der Waals surface area contributed by atoms with Crippen molar-refractivity contribution in [2.24, 2.45) is 0 Å². The van der Waals surface area contributed by atoms with E-state index >= 15 is 0 Å². The van der Waals surface area contributed by atoms with Gasteiger partial charge in [-0.1, -0.05) is 73.5 Å². The molecule has 5 N–H and O–H groups in total. The Labute approximate surface area is 292 Å². The second-order valence-corrected chi connectivity index (χ2v) is 13.1. The summed E-state index contributed by atoms with van der Waals surface area (Å²) in [4.78, 5) is 25.9. The number of aliphatic hydroxyl groups excluding tert-OH is 1. The van der Waals surface area contributed by atoms with Crippen LogP contribution in [-0.2, 0) is 25.7 Å². The third kappa shape index (κ3) is 10.8. The number of nitrogen functional groups attached to an aromatic ring is 1. The van der Waals surface area contributed by atoms with Gasteiger partial charge in [-0.15, -0.1) is 11.8 Å². The molecular formula is C39H45N3O6S. The number of nitrogens with one attached hydrogen (secondary N) is 2. The number of rotatable bonds is 16. The number of thioether (sulfide) groups is 1. The molecule has 0 aromatic heterocycles. The van der Waals surface area contributed by atoms with Gasteiger partial charge in [-0.05, 0) is 60.4 Å². The molecule has 0 aliphatic carbocycles. The molecule has 258 valence electrons. The highest BCUT2D eigenvalue weighted by molar-refractivity contribution is 7.99. The summed E-state index contributed by atoms with van der Waals surface area (Å²) in [7, 11) is 1.68. The van der Waals surface area contributed by atoms with Crippen molar-refractivity contribution in [2.45, 2.75) is 74.9 Å². The van der Waals surface area contributed by atoms with Crippen LogP contribution in [0.3, 0.4) is 0 Å². The van der Waals surface area contributed by atoms with Gasteiger partial charge in [0, 0.05) is 41.2 Å². The molecule has 1 aliphatic heterocycles. The SMILES string of the molecule is COc1ccccc1SC[C@@H]1C[C@H](c2ccc(CO)cc2)O[C@H](c2ccc(NC(=O)CCCCCCC(=O)Nc3ccccc3N)cc2)O1. The number of hydrogen-bond acceptors (Lipinski definition) is 8. The van der Waals surface area contributed by atoms with Crippen molar-refractivity contribution in [3.63, 3.8) is 0 Å². The first-order valence-electron chi connectivity index (χ1n) is 16.7. The third-order valence-corrected chi connectivity index (χ3v) is 9.55. The molecule has 3 atom stereocenters. The number of anilines is 3. The molecule has 4 aromatic carbocycles. The standard InChI is InChI=1S/C39H45N3O6S/c1-46-34-12-8-9-13-36(34)49-26-31-24-35(28-18-16-27(25-43)17-19-28)48-39(47-31)29-20-22-30(23-21-29)41-37(44)14-4-2-3-5-15-38(45)42-33-11-7-6-10-32(33)40/h6-13,16-23,31,35,39,43H,2-5,14-15,24-26,40H2,1H3,(H,41,44)(H,42,45)/t31-,35+,39+/m0/s1. The largest absolute Gasteiger partial charge is 0.496 e. The van der Waals surface area contributed by atoms with Crippen LogP contribution < -0.4 is 21.1 Å². The van der Waals surface area contributed by atoms with Gasteiger partial charge in [-0.25, -0.2) is 0 Å². The predicted octanol–water partition coefficient (Wildman–Crippen LogP) is 8.03. The lowest BCUT2D eigenvalue weighted by atomic mass is 10.0. The molecule has 0 radical (unpaired) electrons. The quantitative estimate of drug-likeness (QED) is 0.0530. The first kappa shape index (κ1) is 35.9. The maximum atomic E-state index is 12.6. The van der Waals surface area contributed by atoms with E-state index in [1.807, 2.05) is 84.9 Å². The van der Waals surface area contributed by atoms with Crippen LogP contribution in [0.2, 0.25) is 0 Å². The summed E-state index contributed by atoms with van der Waals surface area (Å²) in [6.07, 6.45) is 3.87. The number of methoxy groups -OCH3 is 1. The third-order valence-electron chi connectivity index (χ3n) is 8.37. The van der Waals surface area contributed by atoms with Gasteiger partial charge in [0.1, 0.15) is 5.75 Å². The molecule has 9 nitrogen and oxygen atoms in total. The zero-order chi connectivity index (χ0) is 34.4. The average Bonchev–Trinajstić information content (AvgIpc) is 3.13. The van der Waals surface area contributed by atoms with Crippen molar-refractivity contribution in [3.05, 3.63) is 114 Å². The highest BCUT2D eigenvalue weighted by atomic mass is 32.2. The molecule has 49 heavy (non-hydrogen) atoms. The second kappa shape index (κ2) is 18.4. The predicted molar refractivity (Wildman–Crippen MR) is 194 cm³/mol. The molecule has 1 aliphatic rings. The topological polar surface area (TPSA) is 132 Å². The van der Waals surface area contributed by atoms with Crippen molar-refractivity contribution in [2.75, 3.05) is 29.2 Å². The van der Waals surface area contributed by atoms with E-state index in [0.717, 1.165) is 58.8 Å². The molecule has 1 heterocycles. The summed E-state index contributed by atoms with van der Waals surface area (Å²) in [6, 6.07) is 30.6. The smallest absolute Gasteiger partial charge is 0.224 e. The maximum Gasteiger partial charge on any atom is 0.224 e. The Hall–Kier alpha value is -4.35. The molecule has 0 unspecified atom stereocenters. The van der Waals surface area contributed by atoms with Crippen molar-refractivity contribution in [1.29, 1.82) is 0 Å². The fourth-order valence-electron chi connectivity index (χ4n) is 5.64. The molecule has 5 rings (SSSR count). The number of benzene rings is 4. The summed E-state index contributed by atoms with van der Waals surface area (Å²) >= 11 is 1.69. The number of carbonyl (C=O) groups is 2. The Kier molecular flexibility index (Phi) is 13.5. The molecule has 2 amide bonds. The van der Waals surface area contributed by atoms with E-state index in [1.54, 1.807) is 31.0 Å². The van der Waals surface area contributed by atoms with Crippen LogP contribution in [0.4, 0.5) is 17.1 Å². The van der Waals surface area contributed by atoms with Gasteiger partial charge in [0.15, 0.2) is 6.29 Å². The van der Waals surface area contributed by atoms with Crippen LogP contribution in [0.1, 0.15) is 74.0 Å². The Balaban J connectivity index is 1.10. The van der Waals surface area contributed by atoms with Gasteiger partial charge >= 0.3 is 0 Å². The van der Waals surface area contributed by atoms with E-state index < -0.39 is 6.29 Å². The summed E-state index contributed by atoms with van der Waals surface area (Å²) in [5.74, 6) is 1.45. The van der Waals surface area contributed by atoms with Crippen LogP contribution in [0.15, 0.2) is 102 Å². The monoisotopic (exact) mass is 683 g/mol. The number of unbranched alkanes of at least 4 members (excludes halogenated alkanes) is 3. The van der Waals surface area contributed by atoms with Gasteiger partial charge in [-0.3, -0.25) is 9.59 Å². The lowest BCUT2D eigenvalue weighted by molar-refractivity contribution is -0.245. The minimum atomic E-state index is -0.587. The lowest BCUT2D eigenvalue weighted by Gasteiger charge is -2.36. The molecule has 0 bridgehead atoms. The van der Waals surface area contributed by atoms with E-state index in [9.17, 15) is 14.7 Å². The number of amides is 2. The minimum absolute atomic E-state index is 0.00912. The molecule has 0 saturated carbocycles. The van der Waals surface area contributed by atoms with Gasteiger partial charge in [0.05, 0.1) is 37.3 Å². The van der Waals surface area contributed by atoms with Crippen molar-refractivity contribution >= 4 is 40.6 Å². The number of carbonyl (C=O) groups excluding carboxylic acids is 2. The highest BCUT2D eigenvalue weighted by Gasteiger charge is 2.32. The van der Waals surface area contributed by atoms with E-state index in [-0.39, 0.29) is 30.6 Å². The summed E-state index contributed by atoms with van der Waals surface area (Å²) in [5, 5.41) is 15.3. The van der Waals surface area contributed by atoms with Gasteiger partial charge < -0.3 is 35.7 Å². The fourth-order valence-corrected chi connectivity index (χ4v) is 6.69. The summed E-state index contributed by atoms with van der Waals surface area (Å²) in [5.41, 5.74) is 10.5. The number of nitrogens with two attached hydrogens (primary N) is 1. The molecule has 1 fully saturated rings. The Morgan fingerprint density at radius 2 is 1.47 bits per heavy atom. The lowest BCUT2D eigenvalue weighted by Crippen LogP contribution is -2.31. The van der Waals surface area contributed by atoms with E-state index in [1.165, 1.54) is 0 Å². The molecule has 10 heteroatoms. The average molecular weight is 684 g/mol. The molecular weight excluding hydrogens is 639 g/mol. The highest BCUT2D eigenvalue weighted by Crippen LogP contribution is 2.40. The van der Waals surface area contributed by atoms with Gasteiger partial charge in [0.2, 0.25) is 11.8 Å². The number of para-hydroxylation sites is 3. The van der Waals surface area contributed by atoms with Crippen molar-refractivity contribution in [3.8, 4) is 5.75 Å². The Morgan fingerprint density at radius 3 is 2.16 bits per heavy atom. The fraction of sp³-hybridized carbons (Fsp3) is 0.333.